The average Bonchev–Trinajstić information content (AvgIpc) is 2.74. The van der Waals surface area contributed by atoms with Gasteiger partial charge in [0.25, 0.3) is 0 Å². The largest absolute Gasteiger partial charge is 0.500 e. The maximum absolute atomic E-state index is 11.9. The molecule has 0 saturated carbocycles. The molecule has 0 aliphatic carbocycles. The lowest BCUT2D eigenvalue weighted by Crippen LogP contribution is -2.46. The minimum absolute atomic E-state index is 0.0398. The van der Waals surface area contributed by atoms with Crippen LogP contribution in [0.4, 0.5) is 0 Å². The smallest absolute Gasteiger partial charge is 0.377 e. The molecule has 0 aromatic heterocycles. The first-order chi connectivity index (χ1) is 14.7. The Morgan fingerprint density at radius 1 is 1.10 bits per heavy atom. The van der Waals surface area contributed by atoms with E-state index in [1.807, 2.05) is 32.0 Å². The van der Waals surface area contributed by atoms with Crippen LogP contribution >= 0.6 is 0 Å². The summed E-state index contributed by atoms with van der Waals surface area (Å²) in [7, 11) is 0.949. The quantitative estimate of drug-likeness (QED) is 0.145. The standard InChI is InChI=1S/C24H31NO5Si/c1-17-9-8-10-21(13-17)31(6,7)16-29-25-19(3)20-12-11-18(2)22(14-20)30-23(15-27-4)24(26)28-5/h8-15H,16H2,1-7H3. The highest BCUT2D eigenvalue weighted by Gasteiger charge is 2.25. The van der Waals surface area contributed by atoms with Crippen molar-refractivity contribution in [2.75, 3.05) is 20.4 Å². The fourth-order valence-corrected chi connectivity index (χ4v) is 4.59. The minimum atomic E-state index is -1.77. The third-order valence-electron chi connectivity index (χ3n) is 4.86. The van der Waals surface area contributed by atoms with Gasteiger partial charge in [-0.1, -0.05) is 65.4 Å². The Bertz CT molecular complexity index is 982. The SMILES string of the molecule is COC=C(Oc1cc(C(C)=NOC[Si](C)(C)c2cccc(C)c2)ccc1C)C(=O)OC. The average molecular weight is 442 g/mol. The van der Waals surface area contributed by atoms with E-state index in [9.17, 15) is 4.79 Å². The van der Waals surface area contributed by atoms with Gasteiger partial charge in [-0.15, -0.1) is 0 Å². The van der Waals surface area contributed by atoms with Crippen molar-refractivity contribution >= 4 is 24.9 Å². The highest BCUT2D eigenvalue weighted by molar-refractivity contribution is 6.89. The summed E-state index contributed by atoms with van der Waals surface area (Å²) in [5, 5.41) is 5.67. The van der Waals surface area contributed by atoms with Crippen LogP contribution in [0, 0.1) is 13.8 Å². The molecule has 0 unspecified atom stereocenters. The molecule has 31 heavy (non-hydrogen) atoms. The van der Waals surface area contributed by atoms with Gasteiger partial charge in [-0.05, 0) is 32.4 Å². The van der Waals surface area contributed by atoms with Crippen LogP contribution < -0.4 is 9.92 Å². The van der Waals surface area contributed by atoms with Gasteiger partial charge < -0.3 is 19.0 Å². The molecule has 0 radical (unpaired) electrons. The van der Waals surface area contributed by atoms with Crippen LogP contribution in [0.15, 0.2) is 59.6 Å². The number of hydrogen-bond donors (Lipinski definition) is 0. The number of esters is 1. The summed E-state index contributed by atoms with van der Waals surface area (Å²) in [6.45, 7) is 10.4. The van der Waals surface area contributed by atoms with Gasteiger partial charge in [0, 0.05) is 5.56 Å². The van der Waals surface area contributed by atoms with Crippen LogP contribution in [-0.4, -0.2) is 40.2 Å². The molecule has 166 valence electrons. The molecule has 0 fully saturated rings. The zero-order valence-corrected chi connectivity index (χ0v) is 20.3. The molecule has 0 bridgehead atoms. The highest BCUT2D eigenvalue weighted by Crippen LogP contribution is 2.23. The van der Waals surface area contributed by atoms with E-state index < -0.39 is 14.0 Å². The molecule has 0 heterocycles. The van der Waals surface area contributed by atoms with E-state index in [1.165, 1.54) is 31.2 Å². The highest BCUT2D eigenvalue weighted by atomic mass is 28.3. The molecule has 0 amide bonds. The zero-order valence-electron chi connectivity index (χ0n) is 19.3. The van der Waals surface area contributed by atoms with Crippen molar-refractivity contribution in [3.05, 3.63) is 71.2 Å². The monoisotopic (exact) mass is 441 g/mol. The van der Waals surface area contributed by atoms with Crippen molar-refractivity contribution < 1.29 is 23.8 Å². The number of oxime groups is 1. The number of carbonyl (C=O) groups excluding carboxylic acids is 1. The molecule has 0 atom stereocenters. The van der Waals surface area contributed by atoms with Crippen LogP contribution in [0.3, 0.4) is 0 Å². The van der Waals surface area contributed by atoms with Gasteiger partial charge in [-0.2, -0.15) is 0 Å². The Balaban J connectivity index is 2.15. The molecular weight excluding hydrogens is 410 g/mol. The van der Waals surface area contributed by atoms with Gasteiger partial charge in [0.05, 0.1) is 19.9 Å². The Labute approximate surface area is 185 Å². The van der Waals surface area contributed by atoms with Crippen molar-refractivity contribution in [3.8, 4) is 5.75 Å². The summed E-state index contributed by atoms with van der Waals surface area (Å²) >= 11 is 0. The van der Waals surface area contributed by atoms with E-state index in [1.54, 1.807) is 0 Å². The molecule has 7 heteroatoms. The van der Waals surface area contributed by atoms with Gasteiger partial charge in [0.1, 0.15) is 26.3 Å². The van der Waals surface area contributed by atoms with Gasteiger partial charge in [-0.25, -0.2) is 4.79 Å². The third-order valence-corrected chi connectivity index (χ3v) is 7.59. The number of carbonyl (C=O) groups is 1. The van der Waals surface area contributed by atoms with Crippen molar-refractivity contribution in [3.63, 3.8) is 0 Å². The Kier molecular flexibility index (Phi) is 8.44. The van der Waals surface area contributed by atoms with Crippen molar-refractivity contribution in [1.29, 1.82) is 0 Å². The first-order valence-electron chi connectivity index (χ1n) is 10.0. The second kappa shape index (κ2) is 10.8. The van der Waals surface area contributed by atoms with E-state index >= 15 is 0 Å². The molecule has 0 aliphatic rings. The number of benzene rings is 2. The van der Waals surface area contributed by atoms with Gasteiger partial charge in [0.2, 0.25) is 5.76 Å². The van der Waals surface area contributed by atoms with Gasteiger partial charge in [-0.3, -0.25) is 0 Å². The predicted molar refractivity (Wildman–Crippen MR) is 125 cm³/mol. The second-order valence-corrected chi connectivity index (χ2v) is 12.6. The first kappa shape index (κ1) is 24.2. The molecule has 0 spiro atoms. The number of hydrogen-bond acceptors (Lipinski definition) is 6. The van der Waals surface area contributed by atoms with E-state index in [2.05, 4.69) is 49.4 Å². The summed E-state index contributed by atoms with van der Waals surface area (Å²) in [5.74, 6) is -0.152. The van der Waals surface area contributed by atoms with Gasteiger partial charge in [0.15, 0.2) is 0 Å². The van der Waals surface area contributed by atoms with E-state index in [4.69, 9.17) is 19.0 Å². The first-order valence-corrected chi connectivity index (χ1v) is 13.2. The lowest BCUT2D eigenvalue weighted by atomic mass is 10.1. The van der Waals surface area contributed by atoms with Crippen molar-refractivity contribution in [2.45, 2.75) is 33.9 Å². The number of rotatable bonds is 9. The van der Waals surface area contributed by atoms with Crippen LogP contribution in [0.1, 0.15) is 23.6 Å². The maximum atomic E-state index is 11.9. The topological polar surface area (TPSA) is 66.3 Å². The summed E-state index contributed by atoms with van der Waals surface area (Å²) < 4.78 is 15.4. The van der Waals surface area contributed by atoms with Crippen LogP contribution in [0.5, 0.6) is 5.75 Å². The molecule has 6 nitrogen and oxygen atoms in total. The van der Waals surface area contributed by atoms with Crippen LogP contribution in [-0.2, 0) is 19.1 Å². The van der Waals surface area contributed by atoms with Crippen LogP contribution in [0.25, 0.3) is 0 Å². The third kappa shape index (κ3) is 6.72. The lowest BCUT2D eigenvalue weighted by molar-refractivity contribution is -0.138. The summed E-state index contributed by atoms with van der Waals surface area (Å²) in [6, 6.07) is 14.2. The molecule has 2 aromatic carbocycles. The molecule has 0 aliphatic heterocycles. The van der Waals surface area contributed by atoms with E-state index in [-0.39, 0.29) is 5.76 Å². The molecule has 2 aromatic rings. The molecule has 0 N–H and O–H groups in total. The summed E-state index contributed by atoms with van der Waals surface area (Å²) in [4.78, 5) is 17.6. The maximum Gasteiger partial charge on any atom is 0.377 e. The fourth-order valence-electron chi connectivity index (χ4n) is 2.87. The number of nitrogens with zero attached hydrogens (tertiary/aromatic N) is 1. The zero-order chi connectivity index (χ0) is 23.0. The van der Waals surface area contributed by atoms with Gasteiger partial charge >= 0.3 is 5.97 Å². The number of ether oxygens (including phenoxy) is 3. The minimum Gasteiger partial charge on any atom is -0.500 e. The Morgan fingerprint density at radius 2 is 1.84 bits per heavy atom. The number of methoxy groups -OCH3 is 2. The number of aryl methyl sites for hydroxylation is 2. The van der Waals surface area contributed by atoms with Crippen molar-refractivity contribution in [1.82, 2.24) is 0 Å². The Hall–Kier alpha value is -3.06. The fraction of sp³-hybridized carbons (Fsp3) is 0.333. The molecule has 2 rings (SSSR count). The molecular formula is C24H31NO5Si. The summed E-state index contributed by atoms with van der Waals surface area (Å²) in [6.07, 6.45) is 1.78. The Morgan fingerprint density at radius 3 is 2.48 bits per heavy atom. The summed E-state index contributed by atoms with van der Waals surface area (Å²) in [5.41, 5.74) is 3.65. The molecule has 0 saturated heterocycles. The van der Waals surface area contributed by atoms with Crippen molar-refractivity contribution in [2.24, 2.45) is 5.16 Å². The van der Waals surface area contributed by atoms with E-state index in [0.29, 0.717) is 17.7 Å². The van der Waals surface area contributed by atoms with E-state index in [0.717, 1.165) is 11.1 Å². The predicted octanol–water partition coefficient (Wildman–Crippen LogP) is 4.24. The lowest BCUT2D eigenvalue weighted by Gasteiger charge is -2.21. The van der Waals surface area contributed by atoms with Crippen LogP contribution in [0.2, 0.25) is 13.1 Å². The normalized spacial score (nSPS) is 12.4. The second-order valence-electron chi connectivity index (χ2n) is 8.00.